The van der Waals surface area contributed by atoms with Crippen molar-refractivity contribution in [2.45, 2.75) is 69.3 Å². The van der Waals surface area contributed by atoms with E-state index in [9.17, 15) is 27.9 Å². The number of aliphatic carboxylic acids is 1. The molecule has 8 atom stereocenters. The largest absolute Gasteiger partial charge is 0.497 e. The highest BCUT2D eigenvalue weighted by Gasteiger charge is 2.55. The van der Waals surface area contributed by atoms with Gasteiger partial charge in [0.05, 0.1) is 36.7 Å². The molecule has 9 nitrogen and oxygen atoms in total. The first-order valence-electron chi connectivity index (χ1n) is 17.9. The summed E-state index contributed by atoms with van der Waals surface area (Å²) in [7, 11) is 1.63. The molecule has 0 aromatic heterocycles. The topological polar surface area (TPSA) is 91.8 Å². The van der Waals surface area contributed by atoms with Gasteiger partial charge in [0.15, 0.2) is 0 Å². The molecule has 1 amide bonds. The molecular weight excluding hydrogens is 639 g/mol. The molecule has 5 heterocycles. The van der Waals surface area contributed by atoms with E-state index in [4.69, 9.17) is 14.2 Å². The Balaban J connectivity index is 1.21. The van der Waals surface area contributed by atoms with Crippen LogP contribution < -0.4 is 4.74 Å². The van der Waals surface area contributed by atoms with Crippen LogP contribution >= 0.6 is 0 Å². The van der Waals surface area contributed by atoms with Crippen LogP contribution in [0.1, 0.15) is 50.5 Å². The zero-order valence-electron chi connectivity index (χ0n) is 28.3. The highest BCUT2D eigenvalue weighted by molar-refractivity contribution is 5.81. The van der Waals surface area contributed by atoms with Crippen molar-refractivity contribution in [3.05, 3.63) is 53.3 Å². The van der Waals surface area contributed by atoms with Gasteiger partial charge in [0.1, 0.15) is 5.75 Å². The average Bonchev–Trinajstić information content (AvgIpc) is 3.74. The Morgan fingerprint density at radius 2 is 1.73 bits per heavy atom. The maximum absolute atomic E-state index is 14.8. The van der Waals surface area contributed by atoms with Crippen molar-refractivity contribution in [1.29, 1.82) is 0 Å². The number of piperidine rings is 1. The number of carboxylic acids is 1. The lowest BCUT2D eigenvalue weighted by molar-refractivity contribution is -0.145. The van der Waals surface area contributed by atoms with E-state index in [1.807, 2.05) is 28.9 Å². The van der Waals surface area contributed by atoms with E-state index in [-0.39, 0.29) is 48.0 Å². The van der Waals surface area contributed by atoms with Crippen molar-refractivity contribution in [2.75, 3.05) is 59.7 Å². The molecule has 0 radical (unpaired) electrons. The highest BCUT2D eigenvalue weighted by atomic mass is 19.4. The minimum absolute atomic E-state index is 0.0121. The first kappa shape index (κ1) is 34.4. The maximum Gasteiger partial charge on any atom is 0.416 e. The molecule has 6 aliphatic rings. The van der Waals surface area contributed by atoms with Gasteiger partial charge in [-0.25, -0.2) is 0 Å². The second-order valence-corrected chi connectivity index (χ2v) is 14.7. The predicted molar refractivity (Wildman–Crippen MR) is 175 cm³/mol. The van der Waals surface area contributed by atoms with E-state index in [1.165, 1.54) is 12.2 Å². The fourth-order valence-corrected chi connectivity index (χ4v) is 9.82. The van der Waals surface area contributed by atoms with Crippen LogP contribution in [0.2, 0.25) is 0 Å². The van der Waals surface area contributed by atoms with Crippen molar-refractivity contribution in [3.8, 4) is 5.75 Å². The van der Waals surface area contributed by atoms with Crippen molar-refractivity contribution in [2.24, 2.45) is 29.6 Å². The lowest BCUT2D eigenvalue weighted by Crippen LogP contribution is -2.52. The third-order valence-electron chi connectivity index (χ3n) is 12.2. The molecule has 0 bridgehead atoms. The predicted octanol–water partition coefficient (Wildman–Crippen LogP) is 4.94. The lowest BCUT2D eigenvalue weighted by Gasteiger charge is -2.45. The Kier molecular flexibility index (Phi) is 9.75. The van der Waals surface area contributed by atoms with E-state index in [0.717, 1.165) is 30.7 Å². The van der Waals surface area contributed by atoms with Gasteiger partial charge in [0, 0.05) is 82.0 Å². The SMILES string of the molecule is CCOC1C2CC(C(=O)O)CCN2C2=CC(C(F)(F)F)=CCC2[C@H]2CN(C(=O)[C@@H]3CN(C4CCOCC4)C[C@H]3c3ccc(OC)cc3)C[C@H]12. The van der Waals surface area contributed by atoms with Crippen LogP contribution in [0.3, 0.4) is 0 Å². The summed E-state index contributed by atoms with van der Waals surface area (Å²) in [5.74, 6) is -1.39. The Hall–Kier alpha value is -3.09. The van der Waals surface area contributed by atoms with E-state index < -0.39 is 29.7 Å². The molecule has 0 spiro atoms. The van der Waals surface area contributed by atoms with Crippen LogP contribution in [0, 0.1) is 29.6 Å². The lowest BCUT2D eigenvalue weighted by atomic mass is 9.76. The third kappa shape index (κ3) is 6.60. The molecule has 5 aliphatic heterocycles. The van der Waals surface area contributed by atoms with Crippen LogP contribution in [-0.2, 0) is 19.1 Å². The number of nitrogens with zero attached hydrogens (tertiary/aromatic N) is 3. The number of carboxylic acid groups (broad SMARTS) is 1. The van der Waals surface area contributed by atoms with Gasteiger partial charge in [-0.05, 0) is 68.7 Å². The minimum atomic E-state index is -4.48. The Labute approximate surface area is 286 Å². The fourth-order valence-electron chi connectivity index (χ4n) is 9.82. The molecule has 0 saturated carbocycles. The summed E-state index contributed by atoms with van der Waals surface area (Å²) in [4.78, 5) is 33.4. The normalized spacial score (nSPS) is 34.0. The Morgan fingerprint density at radius 1 is 1.00 bits per heavy atom. The number of hydrogen-bond acceptors (Lipinski definition) is 7. The number of allylic oxidation sites excluding steroid dienone is 4. The van der Waals surface area contributed by atoms with E-state index >= 15 is 0 Å². The van der Waals surface area contributed by atoms with Crippen LogP contribution in [0.5, 0.6) is 5.75 Å². The second kappa shape index (κ2) is 13.9. The number of ether oxygens (including phenoxy) is 3. The number of halogens is 3. The van der Waals surface area contributed by atoms with Crippen LogP contribution in [0.15, 0.2) is 47.7 Å². The van der Waals surface area contributed by atoms with E-state index in [1.54, 1.807) is 7.11 Å². The number of amides is 1. The quantitative estimate of drug-likeness (QED) is 0.432. The first-order valence-corrected chi connectivity index (χ1v) is 17.9. The van der Waals surface area contributed by atoms with E-state index in [2.05, 4.69) is 17.0 Å². The van der Waals surface area contributed by atoms with Gasteiger partial charge >= 0.3 is 12.1 Å². The van der Waals surface area contributed by atoms with Gasteiger partial charge in [0.2, 0.25) is 5.91 Å². The number of rotatable bonds is 7. The first-order chi connectivity index (χ1) is 23.6. The summed E-state index contributed by atoms with van der Waals surface area (Å²) in [5, 5.41) is 9.98. The van der Waals surface area contributed by atoms with Gasteiger partial charge in [-0.3, -0.25) is 14.5 Å². The standard InChI is InChI=1S/C37H48F3N3O6/c1-3-49-34-30-20-42(35(44)31-21-41(25-11-14-48-15-12-25)18-28(31)22-4-7-26(47-2)8-5-22)19-29(30)27-9-6-24(37(38,39)40)17-32(27)43-13-10-23(36(45)46)16-33(34)43/h4-8,17,23,25,27-31,33-34H,3,9-16,18-21H2,1-2H3,(H,45,46)/t23?,27?,28-,29+,30-,31+,33?,34?/m0/s1. The third-order valence-corrected chi connectivity index (χ3v) is 12.2. The number of likely N-dealkylation sites (tertiary alicyclic amines) is 2. The maximum atomic E-state index is 14.8. The van der Waals surface area contributed by atoms with Crippen molar-refractivity contribution in [1.82, 2.24) is 14.7 Å². The molecule has 268 valence electrons. The van der Waals surface area contributed by atoms with Gasteiger partial charge < -0.3 is 29.1 Å². The van der Waals surface area contributed by atoms with Gasteiger partial charge in [0.25, 0.3) is 0 Å². The van der Waals surface area contributed by atoms with E-state index in [0.29, 0.717) is 70.6 Å². The van der Waals surface area contributed by atoms with Crippen LogP contribution in [0.25, 0.3) is 0 Å². The molecule has 1 aliphatic carbocycles. The number of fused-ring (bicyclic) bond motifs is 5. The van der Waals surface area contributed by atoms with Gasteiger partial charge in [-0.1, -0.05) is 18.2 Å². The summed E-state index contributed by atoms with van der Waals surface area (Å²) in [5.41, 5.74) is 1.06. The van der Waals surface area contributed by atoms with Crippen LogP contribution in [-0.4, -0.2) is 116 Å². The summed E-state index contributed by atoms with van der Waals surface area (Å²) < 4.78 is 59.7. The smallest absolute Gasteiger partial charge is 0.416 e. The number of carbonyl (C=O) groups is 2. The fraction of sp³-hybridized carbons (Fsp3) is 0.676. The highest BCUT2D eigenvalue weighted by Crippen LogP contribution is 2.51. The monoisotopic (exact) mass is 687 g/mol. The number of methoxy groups -OCH3 is 1. The molecular formula is C37H48F3N3O6. The molecule has 1 N–H and O–H groups in total. The molecule has 7 rings (SSSR count). The van der Waals surface area contributed by atoms with Gasteiger partial charge in [-0.2, -0.15) is 13.2 Å². The summed E-state index contributed by atoms with van der Waals surface area (Å²) >= 11 is 0. The van der Waals surface area contributed by atoms with Crippen LogP contribution in [0.4, 0.5) is 13.2 Å². The number of carbonyl (C=O) groups excluding carboxylic acids is 1. The Morgan fingerprint density at radius 3 is 2.41 bits per heavy atom. The number of hydrogen-bond donors (Lipinski definition) is 1. The molecule has 5 fully saturated rings. The van der Waals surface area contributed by atoms with Crippen molar-refractivity contribution >= 4 is 11.9 Å². The summed E-state index contributed by atoms with van der Waals surface area (Å²) in [6.07, 6.45) is 0.467. The molecule has 1 aromatic rings. The minimum Gasteiger partial charge on any atom is -0.497 e. The zero-order valence-corrected chi connectivity index (χ0v) is 28.3. The zero-order chi connectivity index (χ0) is 34.4. The summed E-state index contributed by atoms with van der Waals surface area (Å²) in [6.45, 7) is 6.38. The molecule has 49 heavy (non-hydrogen) atoms. The second-order valence-electron chi connectivity index (χ2n) is 14.7. The Bertz CT molecular complexity index is 1440. The van der Waals surface area contributed by atoms with Gasteiger partial charge in [-0.15, -0.1) is 0 Å². The molecule has 1 aromatic carbocycles. The number of alkyl halides is 3. The number of benzene rings is 1. The summed E-state index contributed by atoms with van der Waals surface area (Å²) in [6, 6.07) is 7.95. The molecule has 5 saturated heterocycles. The molecule has 4 unspecified atom stereocenters. The molecule has 12 heteroatoms. The van der Waals surface area contributed by atoms with Crippen molar-refractivity contribution < 1.29 is 42.1 Å². The average molecular weight is 688 g/mol. The van der Waals surface area contributed by atoms with Crippen molar-refractivity contribution in [3.63, 3.8) is 0 Å².